The van der Waals surface area contributed by atoms with E-state index < -0.39 is 0 Å². The van der Waals surface area contributed by atoms with Crippen molar-refractivity contribution < 1.29 is 4.74 Å². The number of fused-ring (bicyclic) bond motifs is 1. The molecule has 0 spiro atoms. The van der Waals surface area contributed by atoms with Gasteiger partial charge in [0.05, 0.1) is 19.3 Å². The molecule has 0 N–H and O–H groups in total. The molecular formula is C14H14N4O2. The zero-order valence-electron chi connectivity index (χ0n) is 11.3. The first-order valence-corrected chi connectivity index (χ1v) is 6.22. The van der Waals surface area contributed by atoms with Gasteiger partial charge in [-0.3, -0.25) is 9.36 Å². The average molecular weight is 270 g/mol. The van der Waals surface area contributed by atoms with Crippen LogP contribution in [0.4, 0.5) is 0 Å². The van der Waals surface area contributed by atoms with E-state index in [1.54, 1.807) is 6.92 Å². The lowest BCUT2D eigenvalue weighted by molar-refractivity contribution is 0.349. The Hall–Kier alpha value is -2.63. The summed E-state index contributed by atoms with van der Waals surface area (Å²) in [4.78, 5) is 20.7. The third-order valence-electron chi connectivity index (χ3n) is 3.02. The van der Waals surface area contributed by atoms with Crippen molar-refractivity contribution >= 4 is 5.65 Å². The molecule has 6 heteroatoms. The third kappa shape index (κ3) is 2.16. The minimum Gasteiger partial charge on any atom is -0.468 e. The highest BCUT2D eigenvalue weighted by molar-refractivity contribution is 5.39. The fourth-order valence-electron chi connectivity index (χ4n) is 2.12. The second-order valence-corrected chi connectivity index (χ2v) is 4.51. The molecule has 102 valence electrons. The van der Waals surface area contributed by atoms with E-state index >= 15 is 0 Å². The largest absolute Gasteiger partial charge is 0.468 e. The molecule has 3 aromatic heterocycles. The standard InChI is InChI=1S/C14H14N4O2/c1-10-7-13(19)18(14(15-10)20-2)9-11-8-17-6-4-3-5-12(17)16-11/h3-8H,9H2,1-2H3. The highest BCUT2D eigenvalue weighted by atomic mass is 16.5. The van der Waals surface area contributed by atoms with Gasteiger partial charge >= 0.3 is 0 Å². The van der Waals surface area contributed by atoms with Crippen molar-refractivity contribution in [2.24, 2.45) is 0 Å². The quantitative estimate of drug-likeness (QED) is 0.718. The Balaban J connectivity index is 2.04. The summed E-state index contributed by atoms with van der Waals surface area (Å²) in [5, 5.41) is 0. The Morgan fingerprint density at radius 2 is 2.15 bits per heavy atom. The summed E-state index contributed by atoms with van der Waals surface area (Å²) < 4.78 is 8.55. The van der Waals surface area contributed by atoms with Crippen LogP contribution in [0.5, 0.6) is 6.01 Å². The van der Waals surface area contributed by atoms with Crippen LogP contribution >= 0.6 is 0 Å². The number of hydrogen-bond donors (Lipinski definition) is 0. The van der Waals surface area contributed by atoms with Crippen LogP contribution in [0.15, 0.2) is 41.5 Å². The number of methoxy groups -OCH3 is 1. The fourth-order valence-corrected chi connectivity index (χ4v) is 2.12. The Kier molecular flexibility index (Phi) is 2.98. The maximum Gasteiger partial charge on any atom is 0.299 e. The Bertz CT molecular complexity index is 786. The van der Waals surface area contributed by atoms with E-state index in [4.69, 9.17) is 4.74 Å². The predicted molar refractivity (Wildman–Crippen MR) is 74.1 cm³/mol. The van der Waals surface area contributed by atoms with E-state index in [0.29, 0.717) is 18.2 Å². The van der Waals surface area contributed by atoms with Crippen LogP contribution < -0.4 is 10.3 Å². The first-order valence-electron chi connectivity index (χ1n) is 6.22. The minimum absolute atomic E-state index is 0.147. The van der Waals surface area contributed by atoms with Crippen LogP contribution in [0.2, 0.25) is 0 Å². The summed E-state index contributed by atoms with van der Waals surface area (Å²) in [7, 11) is 1.50. The molecule has 0 aliphatic rings. The van der Waals surface area contributed by atoms with Gasteiger partial charge in [0.2, 0.25) is 0 Å². The molecular weight excluding hydrogens is 256 g/mol. The molecule has 0 fully saturated rings. The summed E-state index contributed by atoms with van der Waals surface area (Å²) >= 11 is 0. The van der Waals surface area contributed by atoms with Crippen LogP contribution in [-0.2, 0) is 6.54 Å². The Labute approximate surface area is 115 Å². The predicted octanol–water partition coefficient (Wildman–Crippen LogP) is 1.26. The molecule has 0 aliphatic heterocycles. The fraction of sp³-hybridized carbons (Fsp3) is 0.214. The molecule has 0 aromatic carbocycles. The summed E-state index contributed by atoms with van der Waals surface area (Å²) in [6, 6.07) is 7.55. The van der Waals surface area contributed by atoms with Gasteiger partial charge in [0, 0.05) is 24.2 Å². The second kappa shape index (κ2) is 4.80. The molecule has 0 bridgehead atoms. The van der Waals surface area contributed by atoms with E-state index in [1.807, 2.05) is 35.0 Å². The van der Waals surface area contributed by atoms with Crippen molar-refractivity contribution in [1.82, 2.24) is 18.9 Å². The number of aromatic nitrogens is 4. The minimum atomic E-state index is -0.147. The highest BCUT2D eigenvalue weighted by Crippen LogP contribution is 2.10. The van der Waals surface area contributed by atoms with Crippen molar-refractivity contribution in [2.75, 3.05) is 7.11 Å². The smallest absolute Gasteiger partial charge is 0.299 e. The monoisotopic (exact) mass is 270 g/mol. The number of nitrogens with zero attached hydrogens (tertiary/aromatic N) is 4. The number of hydrogen-bond acceptors (Lipinski definition) is 4. The number of ether oxygens (including phenoxy) is 1. The first-order chi connectivity index (χ1) is 9.67. The van der Waals surface area contributed by atoms with Crippen molar-refractivity contribution in [3.8, 4) is 6.01 Å². The zero-order valence-corrected chi connectivity index (χ0v) is 11.3. The van der Waals surface area contributed by atoms with E-state index in [9.17, 15) is 4.79 Å². The molecule has 3 heterocycles. The molecule has 3 aromatic rings. The van der Waals surface area contributed by atoms with Gasteiger partial charge in [0.15, 0.2) is 0 Å². The van der Waals surface area contributed by atoms with Crippen LogP contribution in [0.3, 0.4) is 0 Å². The van der Waals surface area contributed by atoms with Gasteiger partial charge in [-0.15, -0.1) is 0 Å². The lowest BCUT2D eigenvalue weighted by Gasteiger charge is -2.09. The maximum absolute atomic E-state index is 12.0. The van der Waals surface area contributed by atoms with Crippen molar-refractivity contribution in [3.63, 3.8) is 0 Å². The third-order valence-corrected chi connectivity index (χ3v) is 3.02. The number of aryl methyl sites for hydroxylation is 1. The maximum atomic E-state index is 12.0. The molecule has 6 nitrogen and oxygen atoms in total. The van der Waals surface area contributed by atoms with E-state index in [2.05, 4.69) is 9.97 Å². The number of imidazole rings is 1. The summed E-state index contributed by atoms with van der Waals surface area (Å²) in [6.45, 7) is 2.09. The Morgan fingerprint density at radius 3 is 2.90 bits per heavy atom. The highest BCUT2D eigenvalue weighted by Gasteiger charge is 2.10. The summed E-state index contributed by atoms with van der Waals surface area (Å²) in [6.07, 6.45) is 3.81. The van der Waals surface area contributed by atoms with Crippen LogP contribution in [-0.4, -0.2) is 26.0 Å². The molecule has 0 aliphatic carbocycles. The first kappa shape index (κ1) is 12.4. The van der Waals surface area contributed by atoms with Gasteiger partial charge in [0.1, 0.15) is 5.65 Å². The molecule has 0 atom stereocenters. The summed E-state index contributed by atoms with van der Waals surface area (Å²) in [5.74, 6) is 0. The van der Waals surface area contributed by atoms with Gasteiger partial charge in [-0.2, -0.15) is 0 Å². The number of pyridine rings is 1. The van der Waals surface area contributed by atoms with E-state index in [-0.39, 0.29) is 5.56 Å². The molecule has 0 unspecified atom stereocenters. The molecule has 0 radical (unpaired) electrons. The van der Waals surface area contributed by atoms with E-state index in [0.717, 1.165) is 11.3 Å². The molecule has 0 amide bonds. The SMILES string of the molecule is COc1nc(C)cc(=O)n1Cc1cn2ccccc2n1. The second-order valence-electron chi connectivity index (χ2n) is 4.51. The van der Waals surface area contributed by atoms with Crippen molar-refractivity contribution in [3.05, 3.63) is 58.4 Å². The Morgan fingerprint density at radius 1 is 1.30 bits per heavy atom. The van der Waals surface area contributed by atoms with Gasteiger partial charge in [-0.25, -0.2) is 9.97 Å². The summed E-state index contributed by atoms with van der Waals surface area (Å²) in [5.41, 5.74) is 2.11. The lowest BCUT2D eigenvalue weighted by Crippen LogP contribution is -2.23. The van der Waals surface area contributed by atoms with Crippen LogP contribution in [0.1, 0.15) is 11.4 Å². The van der Waals surface area contributed by atoms with Crippen LogP contribution in [0, 0.1) is 6.92 Å². The van der Waals surface area contributed by atoms with E-state index in [1.165, 1.54) is 17.7 Å². The van der Waals surface area contributed by atoms with Crippen molar-refractivity contribution in [2.45, 2.75) is 13.5 Å². The normalized spacial score (nSPS) is 10.9. The molecule has 3 rings (SSSR count). The molecule has 0 saturated heterocycles. The zero-order chi connectivity index (χ0) is 14.1. The molecule has 20 heavy (non-hydrogen) atoms. The van der Waals surface area contributed by atoms with Gasteiger partial charge in [0.25, 0.3) is 11.6 Å². The average Bonchev–Trinajstić information content (AvgIpc) is 2.83. The van der Waals surface area contributed by atoms with Gasteiger partial charge in [-0.1, -0.05) is 6.07 Å². The topological polar surface area (TPSA) is 61.4 Å². The molecule has 0 saturated carbocycles. The van der Waals surface area contributed by atoms with Crippen LogP contribution in [0.25, 0.3) is 5.65 Å². The lowest BCUT2D eigenvalue weighted by atomic mass is 10.4. The van der Waals surface area contributed by atoms with Gasteiger partial charge in [-0.05, 0) is 19.1 Å². The van der Waals surface area contributed by atoms with Crippen molar-refractivity contribution in [1.29, 1.82) is 0 Å². The van der Waals surface area contributed by atoms with Gasteiger partial charge < -0.3 is 9.14 Å². The number of rotatable bonds is 3.